The highest BCUT2D eigenvalue weighted by atomic mass is 32.2. The lowest BCUT2D eigenvalue weighted by Gasteiger charge is -2.29. The van der Waals surface area contributed by atoms with Crippen molar-refractivity contribution in [1.29, 1.82) is 0 Å². The number of nitrogens with one attached hydrogen (secondary N) is 2. The zero-order valence-electron chi connectivity index (χ0n) is 19.5. The molecule has 7 nitrogen and oxygen atoms in total. The largest absolute Gasteiger partial charge is 0.495 e. The Morgan fingerprint density at radius 1 is 1.21 bits per heavy atom. The first-order valence-corrected chi connectivity index (χ1v) is 12.0. The summed E-state index contributed by atoms with van der Waals surface area (Å²) in [6.45, 7) is 8.30. The highest BCUT2D eigenvalue weighted by Gasteiger charge is 2.34. The summed E-state index contributed by atoms with van der Waals surface area (Å²) >= 11 is 1.57. The Kier molecular flexibility index (Phi) is 6.74. The molecular weight excluding hydrogens is 434 g/mol. The summed E-state index contributed by atoms with van der Waals surface area (Å²) in [6, 6.07) is 15.4. The van der Waals surface area contributed by atoms with Gasteiger partial charge in [0.25, 0.3) is 5.91 Å². The topological polar surface area (TPSA) is 81.1 Å². The van der Waals surface area contributed by atoms with E-state index in [4.69, 9.17) is 9.84 Å². The third kappa shape index (κ3) is 4.61. The van der Waals surface area contributed by atoms with Gasteiger partial charge in [0.1, 0.15) is 11.8 Å². The number of aromatic nitrogens is 3. The lowest BCUT2D eigenvalue weighted by Crippen LogP contribution is -2.31. The van der Waals surface area contributed by atoms with Gasteiger partial charge in [-0.25, -0.2) is 4.68 Å². The van der Waals surface area contributed by atoms with Gasteiger partial charge in [-0.05, 0) is 41.9 Å². The fourth-order valence-corrected chi connectivity index (χ4v) is 4.48. The van der Waals surface area contributed by atoms with Crippen LogP contribution in [0.1, 0.15) is 50.8 Å². The van der Waals surface area contributed by atoms with Crippen molar-refractivity contribution >= 4 is 29.3 Å². The van der Waals surface area contributed by atoms with Crippen molar-refractivity contribution in [2.75, 3.05) is 23.5 Å². The average Bonchev–Trinajstić information content (AvgIpc) is 3.20. The number of para-hydroxylation sites is 2. The summed E-state index contributed by atoms with van der Waals surface area (Å²) in [4.78, 5) is 18.3. The Morgan fingerprint density at radius 3 is 2.61 bits per heavy atom. The van der Waals surface area contributed by atoms with Crippen LogP contribution in [0.15, 0.2) is 65.0 Å². The second-order valence-corrected chi connectivity index (χ2v) is 9.37. The number of amides is 1. The smallest absolute Gasteiger partial charge is 0.255 e. The number of rotatable bonds is 7. The van der Waals surface area contributed by atoms with Crippen LogP contribution in [0.2, 0.25) is 0 Å². The molecule has 2 N–H and O–H groups in total. The molecule has 8 heteroatoms. The molecule has 1 aromatic heterocycles. The third-order valence-corrected chi connectivity index (χ3v) is 6.35. The maximum Gasteiger partial charge on any atom is 0.255 e. The first-order chi connectivity index (χ1) is 15.9. The summed E-state index contributed by atoms with van der Waals surface area (Å²) < 4.78 is 7.23. The van der Waals surface area contributed by atoms with E-state index in [1.54, 1.807) is 18.9 Å². The number of methoxy groups -OCH3 is 1. The molecule has 0 fully saturated rings. The second-order valence-electron chi connectivity index (χ2n) is 8.14. The van der Waals surface area contributed by atoms with Crippen LogP contribution in [-0.2, 0) is 4.79 Å². The predicted molar refractivity (Wildman–Crippen MR) is 133 cm³/mol. The van der Waals surface area contributed by atoms with E-state index in [1.165, 1.54) is 5.56 Å². The molecule has 1 aliphatic rings. The van der Waals surface area contributed by atoms with E-state index >= 15 is 0 Å². The molecule has 0 aliphatic carbocycles. The highest BCUT2D eigenvalue weighted by Crippen LogP contribution is 2.37. The lowest BCUT2D eigenvalue weighted by molar-refractivity contribution is -0.113. The minimum atomic E-state index is -0.407. The molecule has 2 heterocycles. The molecule has 0 bridgehead atoms. The molecule has 0 saturated carbocycles. The molecule has 33 heavy (non-hydrogen) atoms. The first-order valence-electron chi connectivity index (χ1n) is 11.0. The van der Waals surface area contributed by atoms with Crippen LogP contribution in [0.4, 0.5) is 11.6 Å². The van der Waals surface area contributed by atoms with Crippen LogP contribution < -0.4 is 15.4 Å². The minimum Gasteiger partial charge on any atom is -0.495 e. The van der Waals surface area contributed by atoms with Crippen LogP contribution in [0.5, 0.6) is 5.75 Å². The standard InChI is InChI=1S/C25H29N5O2S/c1-6-33-25-28-24-26-16(4)21(23(31)27-19-9-7-8-10-20(19)32-5)22(30(24)29-25)18-13-11-17(12-14-18)15(2)3/h7-15,22H,6H2,1-5H3,(H,27,31)(H,26,28,29)/t22-/m1/s1. The molecule has 172 valence electrons. The Hall–Kier alpha value is -3.26. The summed E-state index contributed by atoms with van der Waals surface area (Å²) in [5, 5.41) is 11.7. The van der Waals surface area contributed by atoms with Crippen molar-refractivity contribution in [1.82, 2.24) is 14.8 Å². The number of carbonyl (C=O) groups is 1. The molecule has 0 radical (unpaired) electrons. The minimum absolute atomic E-state index is 0.215. The monoisotopic (exact) mass is 463 g/mol. The van der Waals surface area contributed by atoms with E-state index < -0.39 is 6.04 Å². The normalized spacial score (nSPS) is 15.3. The van der Waals surface area contributed by atoms with Crippen molar-refractivity contribution in [3.05, 3.63) is 70.9 Å². The lowest BCUT2D eigenvalue weighted by atomic mass is 9.92. The first kappa shape index (κ1) is 22.9. The highest BCUT2D eigenvalue weighted by molar-refractivity contribution is 7.99. The average molecular weight is 464 g/mol. The van der Waals surface area contributed by atoms with Gasteiger partial charge in [-0.15, -0.1) is 5.10 Å². The van der Waals surface area contributed by atoms with Crippen molar-refractivity contribution in [2.24, 2.45) is 0 Å². The number of hydrogen-bond donors (Lipinski definition) is 2. The third-order valence-electron chi connectivity index (χ3n) is 5.63. The van der Waals surface area contributed by atoms with Gasteiger partial charge in [-0.2, -0.15) is 4.98 Å². The summed E-state index contributed by atoms with van der Waals surface area (Å²) in [5.74, 6) is 2.31. The zero-order valence-corrected chi connectivity index (χ0v) is 20.4. The molecular formula is C25H29N5O2S. The number of benzene rings is 2. The number of allylic oxidation sites excluding steroid dienone is 1. The maximum absolute atomic E-state index is 13.6. The molecule has 1 aliphatic heterocycles. The van der Waals surface area contributed by atoms with Crippen molar-refractivity contribution in [3.8, 4) is 5.75 Å². The van der Waals surface area contributed by atoms with E-state index in [9.17, 15) is 4.79 Å². The molecule has 1 atom stereocenters. The van der Waals surface area contributed by atoms with Gasteiger partial charge in [0, 0.05) is 5.70 Å². The van der Waals surface area contributed by atoms with Crippen molar-refractivity contribution in [3.63, 3.8) is 0 Å². The van der Waals surface area contributed by atoms with Crippen LogP contribution >= 0.6 is 11.8 Å². The molecule has 4 rings (SSSR count). The fourth-order valence-electron chi connectivity index (χ4n) is 3.92. The number of nitrogens with zero attached hydrogens (tertiary/aromatic N) is 3. The van der Waals surface area contributed by atoms with Crippen LogP contribution in [0, 0.1) is 0 Å². The fraction of sp³-hybridized carbons (Fsp3) is 0.320. The van der Waals surface area contributed by atoms with Gasteiger partial charge in [-0.1, -0.05) is 68.9 Å². The van der Waals surface area contributed by atoms with Crippen LogP contribution in [0.3, 0.4) is 0 Å². The summed E-state index contributed by atoms with van der Waals surface area (Å²) in [5.41, 5.74) is 4.17. The van der Waals surface area contributed by atoms with E-state index in [0.29, 0.717) is 34.0 Å². The number of hydrogen-bond acceptors (Lipinski definition) is 6. The molecule has 2 aromatic carbocycles. The molecule has 0 spiro atoms. The van der Waals surface area contributed by atoms with Crippen LogP contribution in [-0.4, -0.2) is 33.5 Å². The summed E-state index contributed by atoms with van der Waals surface area (Å²) in [6.07, 6.45) is 0. The van der Waals surface area contributed by atoms with Crippen LogP contribution in [0.25, 0.3) is 0 Å². The quantitative estimate of drug-likeness (QED) is 0.454. The SMILES string of the molecule is CCSc1nc2n(n1)[C@H](c1ccc(C(C)C)cc1)C(C(=O)Nc1ccccc1OC)=C(C)N2. The van der Waals surface area contributed by atoms with Gasteiger partial charge in [0.2, 0.25) is 11.1 Å². The Morgan fingerprint density at radius 2 is 1.94 bits per heavy atom. The van der Waals surface area contributed by atoms with Gasteiger partial charge in [0.05, 0.1) is 18.4 Å². The second kappa shape index (κ2) is 9.70. The van der Waals surface area contributed by atoms with Gasteiger partial charge in [0.15, 0.2) is 0 Å². The molecule has 3 aromatic rings. The van der Waals surface area contributed by atoms with Gasteiger partial charge < -0.3 is 15.4 Å². The van der Waals surface area contributed by atoms with Gasteiger partial charge in [-0.3, -0.25) is 4.79 Å². The Bertz CT molecular complexity index is 1180. The maximum atomic E-state index is 13.6. The zero-order chi connectivity index (χ0) is 23.5. The van der Waals surface area contributed by atoms with E-state index in [2.05, 4.69) is 60.7 Å². The number of carbonyl (C=O) groups excluding carboxylic acids is 1. The Balaban J connectivity index is 1.78. The molecule has 1 amide bonds. The Labute approximate surface area is 198 Å². The number of fused-ring (bicyclic) bond motifs is 1. The number of thioether (sulfide) groups is 1. The van der Waals surface area contributed by atoms with E-state index in [0.717, 1.165) is 17.0 Å². The molecule has 0 saturated heterocycles. The number of ether oxygens (including phenoxy) is 1. The predicted octanol–water partition coefficient (Wildman–Crippen LogP) is 5.45. The van der Waals surface area contributed by atoms with E-state index in [1.807, 2.05) is 35.9 Å². The van der Waals surface area contributed by atoms with Crippen molar-refractivity contribution < 1.29 is 9.53 Å². The number of anilines is 2. The van der Waals surface area contributed by atoms with E-state index in [-0.39, 0.29) is 5.91 Å². The van der Waals surface area contributed by atoms with Gasteiger partial charge >= 0.3 is 0 Å². The molecule has 0 unspecified atom stereocenters. The van der Waals surface area contributed by atoms with Crippen molar-refractivity contribution in [2.45, 2.75) is 44.8 Å². The summed E-state index contributed by atoms with van der Waals surface area (Å²) in [7, 11) is 1.59.